The zero-order valence-corrected chi connectivity index (χ0v) is 16.1. The average molecular weight is 393 g/mol. The third-order valence-corrected chi connectivity index (χ3v) is 4.39. The van der Waals surface area contributed by atoms with Crippen LogP contribution >= 0.6 is 0 Å². The molecule has 0 unspecified atom stereocenters. The second-order valence-electron chi connectivity index (χ2n) is 6.13. The van der Waals surface area contributed by atoms with Gasteiger partial charge in [0.05, 0.1) is 27.0 Å². The maximum atomic E-state index is 12.5. The number of anilines is 1. The fraction of sp³-hybridized carbons (Fsp3) is 0.150. The fourth-order valence-electron chi connectivity index (χ4n) is 2.99. The molecule has 0 saturated heterocycles. The Hall–Kier alpha value is -4.01. The van der Waals surface area contributed by atoms with Crippen molar-refractivity contribution >= 4 is 17.4 Å². The van der Waals surface area contributed by atoms with Gasteiger partial charge in [0.1, 0.15) is 11.3 Å². The first-order valence-corrected chi connectivity index (χ1v) is 8.74. The minimum Gasteiger partial charge on any atom is -0.493 e. The average Bonchev–Trinajstić information content (AvgIpc) is 3.39. The largest absolute Gasteiger partial charge is 0.493 e. The van der Waals surface area contributed by atoms with Crippen LogP contribution in [0.5, 0.6) is 17.2 Å². The Labute approximate surface area is 166 Å². The summed E-state index contributed by atoms with van der Waals surface area (Å²) in [6, 6.07) is 10.9. The van der Waals surface area contributed by atoms with Gasteiger partial charge in [-0.25, -0.2) is 4.98 Å². The number of fused-ring (bicyclic) bond motifs is 1. The fourth-order valence-corrected chi connectivity index (χ4v) is 2.99. The number of imidazole rings is 1. The number of amides is 1. The van der Waals surface area contributed by atoms with Crippen LogP contribution in [0, 0.1) is 0 Å². The van der Waals surface area contributed by atoms with Gasteiger partial charge in [0.2, 0.25) is 5.75 Å². The first-order valence-electron chi connectivity index (χ1n) is 8.74. The number of benzene rings is 1. The van der Waals surface area contributed by atoms with Gasteiger partial charge in [-0.1, -0.05) is 6.07 Å². The maximum absolute atomic E-state index is 12.5. The molecular weight excluding hydrogens is 374 g/mol. The summed E-state index contributed by atoms with van der Waals surface area (Å²) in [5.41, 5.74) is 2.43. The number of rotatable bonds is 6. The van der Waals surface area contributed by atoms with Gasteiger partial charge in [-0.3, -0.25) is 9.89 Å². The van der Waals surface area contributed by atoms with Crippen LogP contribution in [-0.2, 0) is 0 Å². The van der Waals surface area contributed by atoms with E-state index < -0.39 is 0 Å². The first kappa shape index (κ1) is 18.4. The van der Waals surface area contributed by atoms with Crippen molar-refractivity contribution in [3.63, 3.8) is 0 Å². The van der Waals surface area contributed by atoms with Crippen LogP contribution in [0.2, 0.25) is 0 Å². The Bertz CT molecular complexity index is 1120. The Morgan fingerprint density at radius 2 is 1.83 bits per heavy atom. The normalized spacial score (nSPS) is 10.7. The smallest absolute Gasteiger partial charge is 0.277 e. The van der Waals surface area contributed by atoms with Gasteiger partial charge in [-0.15, -0.1) is 0 Å². The Kier molecular flexibility index (Phi) is 4.78. The quantitative estimate of drug-likeness (QED) is 0.522. The van der Waals surface area contributed by atoms with Crippen LogP contribution in [0.4, 0.5) is 5.82 Å². The van der Waals surface area contributed by atoms with E-state index in [4.69, 9.17) is 14.2 Å². The molecule has 1 amide bonds. The molecule has 0 radical (unpaired) electrons. The number of H-pyrrole nitrogens is 1. The summed E-state index contributed by atoms with van der Waals surface area (Å²) in [6.07, 6.45) is 3.49. The zero-order valence-electron chi connectivity index (χ0n) is 16.1. The van der Waals surface area contributed by atoms with E-state index in [1.807, 2.05) is 24.4 Å². The molecule has 2 N–H and O–H groups in total. The number of aromatic nitrogens is 4. The lowest BCUT2D eigenvalue weighted by Crippen LogP contribution is -2.12. The SMILES string of the molecule is COc1cc(-c2cc(NC(=O)c3cn4ccccc4n3)n[nH]2)cc(OC)c1OC. The molecule has 0 aliphatic heterocycles. The number of methoxy groups -OCH3 is 3. The molecule has 0 saturated carbocycles. The molecule has 0 aliphatic rings. The lowest BCUT2D eigenvalue weighted by molar-refractivity contribution is 0.102. The highest BCUT2D eigenvalue weighted by Gasteiger charge is 2.17. The predicted octanol–water partition coefficient (Wildman–Crippen LogP) is 3.00. The van der Waals surface area contributed by atoms with E-state index in [1.165, 1.54) is 0 Å². The minimum absolute atomic E-state index is 0.300. The first-order chi connectivity index (χ1) is 14.1. The van der Waals surface area contributed by atoms with Gasteiger partial charge < -0.3 is 23.9 Å². The van der Waals surface area contributed by atoms with Crippen molar-refractivity contribution in [3.8, 4) is 28.5 Å². The molecule has 4 rings (SSSR count). The molecule has 0 spiro atoms. The maximum Gasteiger partial charge on any atom is 0.277 e. The van der Waals surface area contributed by atoms with Gasteiger partial charge in [-0.2, -0.15) is 5.10 Å². The molecule has 29 heavy (non-hydrogen) atoms. The predicted molar refractivity (Wildman–Crippen MR) is 107 cm³/mol. The van der Waals surface area contributed by atoms with Crippen LogP contribution in [-0.4, -0.2) is 46.8 Å². The van der Waals surface area contributed by atoms with E-state index in [0.29, 0.717) is 40.1 Å². The minimum atomic E-state index is -0.350. The van der Waals surface area contributed by atoms with Crippen LogP contribution in [0.1, 0.15) is 10.5 Å². The van der Waals surface area contributed by atoms with Crippen LogP contribution < -0.4 is 19.5 Å². The summed E-state index contributed by atoms with van der Waals surface area (Å²) in [7, 11) is 4.65. The van der Waals surface area contributed by atoms with Gasteiger partial charge >= 0.3 is 0 Å². The van der Waals surface area contributed by atoms with Crippen molar-refractivity contribution in [1.29, 1.82) is 0 Å². The van der Waals surface area contributed by atoms with Crippen molar-refractivity contribution in [3.05, 3.63) is 54.5 Å². The van der Waals surface area contributed by atoms with E-state index in [1.54, 1.807) is 50.1 Å². The summed E-state index contributed by atoms with van der Waals surface area (Å²) in [5.74, 6) is 1.56. The van der Waals surface area contributed by atoms with Crippen molar-refractivity contribution in [2.24, 2.45) is 0 Å². The summed E-state index contributed by atoms with van der Waals surface area (Å²) in [5, 5.41) is 9.81. The highest BCUT2D eigenvalue weighted by Crippen LogP contribution is 2.41. The standard InChI is InChI=1S/C20H19N5O4/c1-27-15-8-12(9-16(28-2)19(15)29-3)13-10-17(24-23-13)22-20(26)14-11-25-7-5-4-6-18(25)21-14/h4-11H,1-3H3,(H2,22,23,24,26). The molecule has 0 bridgehead atoms. The van der Waals surface area contributed by atoms with E-state index in [9.17, 15) is 4.79 Å². The second-order valence-corrected chi connectivity index (χ2v) is 6.13. The number of carbonyl (C=O) groups is 1. The highest BCUT2D eigenvalue weighted by molar-refractivity contribution is 6.02. The lowest BCUT2D eigenvalue weighted by atomic mass is 10.1. The Balaban J connectivity index is 1.59. The highest BCUT2D eigenvalue weighted by atomic mass is 16.5. The van der Waals surface area contributed by atoms with Crippen LogP contribution in [0.3, 0.4) is 0 Å². The third-order valence-electron chi connectivity index (χ3n) is 4.39. The number of aromatic amines is 1. The Morgan fingerprint density at radius 3 is 2.48 bits per heavy atom. The molecule has 3 heterocycles. The monoisotopic (exact) mass is 393 g/mol. The van der Waals surface area contributed by atoms with Gasteiger partial charge in [0.25, 0.3) is 5.91 Å². The summed E-state index contributed by atoms with van der Waals surface area (Å²) >= 11 is 0. The third kappa shape index (κ3) is 3.45. The Morgan fingerprint density at radius 1 is 1.07 bits per heavy atom. The van der Waals surface area contributed by atoms with E-state index in [2.05, 4.69) is 20.5 Å². The number of hydrogen-bond donors (Lipinski definition) is 2. The topological polar surface area (TPSA) is 103 Å². The summed E-state index contributed by atoms with van der Waals surface area (Å²) in [6.45, 7) is 0. The van der Waals surface area contributed by atoms with Crippen molar-refractivity contribution in [2.75, 3.05) is 26.6 Å². The van der Waals surface area contributed by atoms with Crippen LogP contribution in [0.15, 0.2) is 48.8 Å². The number of ether oxygens (including phenoxy) is 3. The zero-order chi connectivity index (χ0) is 20.4. The van der Waals surface area contributed by atoms with Crippen molar-refractivity contribution < 1.29 is 19.0 Å². The molecule has 0 fully saturated rings. The second kappa shape index (κ2) is 7.55. The molecular formula is C20H19N5O4. The molecule has 9 heteroatoms. The molecule has 0 atom stereocenters. The van der Waals surface area contributed by atoms with Gasteiger partial charge in [0, 0.05) is 24.0 Å². The van der Waals surface area contributed by atoms with Crippen LogP contribution in [0.25, 0.3) is 16.9 Å². The van der Waals surface area contributed by atoms with Crippen molar-refractivity contribution in [2.45, 2.75) is 0 Å². The van der Waals surface area contributed by atoms with E-state index in [-0.39, 0.29) is 5.91 Å². The van der Waals surface area contributed by atoms with Gasteiger partial charge in [0.15, 0.2) is 17.3 Å². The number of nitrogens with zero attached hydrogens (tertiary/aromatic N) is 3. The van der Waals surface area contributed by atoms with Crippen molar-refractivity contribution in [1.82, 2.24) is 19.6 Å². The molecule has 148 valence electrons. The molecule has 9 nitrogen and oxygen atoms in total. The molecule has 1 aromatic carbocycles. The lowest BCUT2D eigenvalue weighted by Gasteiger charge is -2.13. The number of carbonyl (C=O) groups excluding carboxylic acids is 1. The molecule has 0 aliphatic carbocycles. The number of hydrogen-bond acceptors (Lipinski definition) is 6. The van der Waals surface area contributed by atoms with E-state index >= 15 is 0 Å². The molecule has 4 aromatic rings. The number of nitrogens with one attached hydrogen (secondary N) is 2. The van der Waals surface area contributed by atoms with E-state index in [0.717, 1.165) is 5.56 Å². The summed E-state index contributed by atoms with van der Waals surface area (Å²) < 4.78 is 17.9. The molecule has 3 aromatic heterocycles. The number of pyridine rings is 1. The summed E-state index contributed by atoms with van der Waals surface area (Å²) in [4.78, 5) is 16.8. The van der Waals surface area contributed by atoms with Gasteiger partial charge in [-0.05, 0) is 24.3 Å².